The van der Waals surface area contributed by atoms with E-state index < -0.39 is 0 Å². The lowest BCUT2D eigenvalue weighted by Crippen LogP contribution is -2.38. The molecule has 0 aromatic heterocycles. The highest BCUT2D eigenvalue weighted by Gasteiger charge is 2.16. The number of hydrogen-bond donors (Lipinski definition) is 1. The summed E-state index contributed by atoms with van der Waals surface area (Å²) in [6, 6.07) is 0.0492. The molecule has 1 unspecified atom stereocenters. The summed E-state index contributed by atoms with van der Waals surface area (Å²) < 4.78 is 0. The molecule has 1 aliphatic heterocycles. The quantitative estimate of drug-likeness (QED) is 0.636. The van der Waals surface area contributed by atoms with Gasteiger partial charge >= 0.3 is 0 Å². The van der Waals surface area contributed by atoms with Crippen LogP contribution in [-0.2, 0) is 0 Å². The van der Waals surface area contributed by atoms with Crippen LogP contribution in [0.2, 0.25) is 0 Å². The first-order valence-electron chi connectivity index (χ1n) is 3.76. The number of halogens is 1. The highest BCUT2D eigenvalue weighted by molar-refractivity contribution is 7.80. The lowest BCUT2D eigenvalue weighted by Gasteiger charge is -2.20. The van der Waals surface area contributed by atoms with E-state index in [1.807, 2.05) is 6.92 Å². The fraction of sp³-hybridized carbons (Fsp3) is 0.857. The Morgan fingerprint density at radius 1 is 1.45 bits per heavy atom. The summed E-state index contributed by atoms with van der Waals surface area (Å²) >= 11 is 5.14. The van der Waals surface area contributed by atoms with E-state index in [-0.39, 0.29) is 18.4 Å². The Hall–Kier alpha value is 0.140. The molecule has 4 heteroatoms. The number of hydrogen-bond acceptors (Lipinski definition) is 2. The van der Waals surface area contributed by atoms with Crippen LogP contribution < -0.4 is 5.73 Å². The Bertz CT molecular complexity index is 132. The van der Waals surface area contributed by atoms with Gasteiger partial charge in [0, 0.05) is 13.1 Å². The zero-order chi connectivity index (χ0) is 7.56. The van der Waals surface area contributed by atoms with Gasteiger partial charge in [-0.25, -0.2) is 0 Å². The molecule has 1 fully saturated rings. The van der Waals surface area contributed by atoms with E-state index in [2.05, 4.69) is 4.90 Å². The van der Waals surface area contributed by atoms with Crippen LogP contribution in [0.1, 0.15) is 19.8 Å². The molecule has 0 bridgehead atoms. The molecule has 0 amide bonds. The van der Waals surface area contributed by atoms with Crippen LogP contribution in [0.15, 0.2) is 0 Å². The highest BCUT2D eigenvalue weighted by Crippen LogP contribution is 2.09. The van der Waals surface area contributed by atoms with Crippen molar-refractivity contribution in [2.45, 2.75) is 25.8 Å². The summed E-state index contributed by atoms with van der Waals surface area (Å²) in [6.07, 6.45) is 2.54. The van der Waals surface area contributed by atoms with E-state index in [4.69, 9.17) is 18.0 Å². The summed E-state index contributed by atoms with van der Waals surface area (Å²) in [4.78, 5) is 3.14. The van der Waals surface area contributed by atoms with Crippen molar-refractivity contribution in [3.8, 4) is 0 Å². The van der Waals surface area contributed by atoms with E-state index >= 15 is 0 Å². The first-order valence-corrected chi connectivity index (χ1v) is 4.17. The van der Waals surface area contributed by atoms with Crippen LogP contribution in [-0.4, -0.2) is 29.0 Å². The SMILES string of the molecule is CC(N)C(=S)N1CCCC1.Cl. The predicted octanol–water partition coefficient (Wildman–Crippen LogP) is 1.18. The van der Waals surface area contributed by atoms with Gasteiger partial charge in [0.05, 0.1) is 11.0 Å². The molecule has 1 atom stereocenters. The first-order chi connectivity index (χ1) is 4.72. The first kappa shape index (κ1) is 11.1. The maximum atomic E-state index is 5.63. The van der Waals surface area contributed by atoms with Crippen LogP contribution >= 0.6 is 24.6 Å². The van der Waals surface area contributed by atoms with Crippen molar-refractivity contribution in [1.29, 1.82) is 0 Å². The number of thiocarbonyl (C=S) groups is 1. The zero-order valence-corrected chi connectivity index (χ0v) is 8.38. The monoisotopic (exact) mass is 194 g/mol. The fourth-order valence-electron chi connectivity index (χ4n) is 1.23. The van der Waals surface area contributed by atoms with Crippen molar-refractivity contribution < 1.29 is 0 Å². The van der Waals surface area contributed by atoms with Gasteiger partial charge in [0.25, 0.3) is 0 Å². The maximum absolute atomic E-state index is 5.63. The van der Waals surface area contributed by atoms with Crippen molar-refractivity contribution in [1.82, 2.24) is 4.90 Å². The summed E-state index contributed by atoms with van der Waals surface area (Å²) in [5, 5.41) is 0. The molecular formula is C7H15ClN2S. The van der Waals surface area contributed by atoms with E-state index in [1.165, 1.54) is 12.8 Å². The number of rotatable bonds is 1. The molecule has 0 radical (unpaired) electrons. The van der Waals surface area contributed by atoms with Gasteiger partial charge in [0.15, 0.2) is 0 Å². The molecule has 0 saturated carbocycles. The Morgan fingerprint density at radius 3 is 2.27 bits per heavy atom. The second kappa shape index (κ2) is 4.91. The van der Waals surface area contributed by atoms with Gasteiger partial charge in [0.2, 0.25) is 0 Å². The van der Waals surface area contributed by atoms with Crippen molar-refractivity contribution in [3.63, 3.8) is 0 Å². The molecule has 0 spiro atoms. The highest BCUT2D eigenvalue weighted by atomic mass is 35.5. The largest absolute Gasteiger partial charge is 0.365 e. The van der Waals surface area contributed by atoms with Gasteiger partial charge in [-0.15, -0.1) is 12.4 Å². The van der Waals surface area contributed by atoms with Gasteiger partial charge in [-0.1, -0.05) is 12.2 Å². The third-order valence-electron chi connectivity index (χ3n) is 1.81. The van der Waals surface area contributed by atoms with Crippen LogP contribution in [0.25, 0.3) is 0 Å². The molecule has 11 heavy (non-hydrogen) atoms. The van der Waals surface area contributed by atoms with E-state index in [1.54, 1.807) is 0 Å². The molecule has 1 saturated heterocycles. The predicted molar refractivity (Wildman–Crippen MR) is 54.3 cm³/mol. The molecule has 1 aliphatic rings. The number of nitrogens with zero attached hydrogens (tertiary/aromatic N) is 1. The average Bonchev–Trinajstić information content (AvgIpc) is 2.36. The molecule has 1 heterocycles. The minimum absolute atomic E-state index is 0. The van der Waals surface area contributed by atoms with Gasteiger partial charge < -0.3 is 10.6 Å². The molecule has 2 nitrogen and oxygen atoms in total. The molecule has 0 aliphatic carbocycles. The van der Waals surface area contributed by atoms with Gasteiger partial charge in [-0.3, -0.25) is 0 Å². The van der Waals surface area contributed by atoms with Crippen LogP contribution in [0.4, 0.5) is 0 Å². The summed E-state index contributed by atoms with van der Waals surface area (Å²) in [7, 11) is 0. The normalized spacial score (nSPS) is 19.3. The van der Waals surface area contributed by atoms with Crippen LogP contribution in [0, 0.1) is 0 Å². The molecule has 0 aromatic carbocycles. The zero-order valence-electron chi connectivity index (χ0n) is 6.75. The molecule has 1 rings (SSSR count). The third-order valence-corrected chi connectivity index (χ3v) is 2.44. The lowest BCUT2D eigenvalue weighted by atomic mass is 10.3. The van der Waals surface area contributed by atoms with Gasteiger partial charge in [-0.05, 0) is 19.8 Å². The molecule has 66 valence electrons. The minimum atomic E-state index is 0. The van der Waals surface area contributed by atoms with E-state index in [9.17, 15) is 0 Å². The Morgan fingerprint density at radius 2 is 1.91 bits per heavy atom. The molecule has 2 N–H and O–H groups in total. The minimum Gasteiger partial charge on any atom is -0.365 e. The lowest BCUT2D eigenvalue weighted by molar-refractivity contribution is 0.511. The van der Waals surface area contributed by atoms with Gasteiger partial charge in [-0.2, -0.15) is 0 Å². The van der Waals surface area contributed by atoms with Crippen molar-refractivity contribution in [2.24, 2.45) is 5.73 Å². The van der Waals surface area contributed by atoms with Crippen molar-refractivity contribution in [3.05, 3.63) is 0 Å². The standard InChI is InChI=1S/C7H14N2S.ClH/c1-6(8)7(10)9-4-2-3-5-9;/h6H,2-5,8H2,1H3;1H. The average molecular weight is 195 g/mol. The van der Waals surface area contributed by atoms with Crippen molar-refractivity contribution >= 4 is 29.6 Å². The Balaban J connectivity index is 0.000001000. The summed E-state index contributed by atoms with van der Waals surface area (Å²) in [5.74, 6) is 0. The summed E-state index contributed by atoms with van der Waals surface area (Å²) in [6.45, 7) is 4.17. The number of likely N-dealkylation sites (tertiary alicyclic amines) is 1. The van der Waals surface area contributed by atoms with Gasteiger partial charge in [0.1, 0.15) is 0 Å². The third kappa shape index (κ3) is 2.93. The Labute approximate surface area is 79.5 Å². The fourth-order valence-corrected chi connectivity index (χ4v) is 1.41. The van der Waals surface area contributed by atoms with Crippen molar-refractivity contribution in [2.75, 3.05) is 13.1 Å². The van der Waals surface area contributed by atoms with Crippen LogP contribution in [0.5, 0.6) is 0 Å². The van der Waals surface area contributed by atoms with Crippen LogP contribution in [0.3, 0.4) is 0 Å². The smallest absolute Gasteiger partial charge is 0.0946 e. The van der Waals surface area contributed by atoms with E-state index in [0.717, 1.165) is 18.1 Å². The number of nitrogens with two attached hydrogens (primary N) is 1. The Kier molecular flexibility index (Phi) is 4.97. The second-order valence-electron chi connectivity index (χ2n) is 2.82. The maximum Gasteiger partial charge on any atom is 0.0946 e. The topological polar surface area (TPSA) is 29.3 Å². The molecular weight excluding hydrogens is 180 g/mol. The summed E-state index contributed by atoms with van der Waals surface area (Å²) in [5.41, 5.74) is 5.63. The molecule has 0 aromatic rings. The second-order valence-corrected chi connectivity index (χ2v) is 3.24. The van der Waals surface area contributed by atoms with E-state index in [0.29, 0.717) is 0 Å².